The van der Waals surface area contributed by atoms with Gasteiger partial charge in [0.05, 0.1) is 23.3 Å². The molecule has 1 aromatic rings. The van der Waals surface area contributed by atoms with E-state index >= 15 is 0 Å². The van der Waals surface area contributed by atoms with Crippen LogP contribution in [0.15, 0.2) is 16.9 Å². The Balaban J connectivity index is 2.16. The quantitative estimate of drug-likeness (QED) is 0.898. The zero-order chi connectivity index (χ0) is 11.6. The van der Waals surface area contributed by atoms with Gasteiger partial charge in [-0.3, -0.25) is 10.00 Å². The number of rotatable bonds is 5. The van der Waals surface area contributed by atoms with E-state index in [0.29, 0.717) is 12.5 Å². The Bertz CT molecular complexity index is 404. The standard InChI is InChI=1S/C11H15BrN4/c1-2-14-11(7-13,9-3-4-9)8-16-6-10(12)5-15-16/h5-6,9,14H,2-4,8H2,1H3. The minimum Gasteiger partial charge on any atom is -0.298 e. The van der Waals surface area contributed by atoms with E-state index in [1.165, 1.54) is 0 Å². The largest absolute Gasteiger partial charge is 0.298 e. The summed E-state index contributed by atoms with van der Waals surface area (Å²) >= 11 is 3.37. The Kier molecular flexibility index (Phi) is 3.31. The number of likely N-dealkylation sites (N-methyl/N-ethyl adjacent to an activating group) is 1. The maximum absolute atomic E-state index is 9.42. The molecule has 0 radical (unpaired) electrons. The van der Waals surface area contributed by atoms with Gasteiger partial charge in [0.1, 0.15) is 5.54 Å². The lowest BCUT2D eigenvalue weighted by Gasteiger charge is -2.27. The topological polar surface area (TPSA) is 53.6 Å². The zero-order valence-electron chi connectivity index (χ0n) is 9.28. The van der Waals surface area contributed by atoms with Crippen molar-refractivity contribution >= 4 is 15.9 Å². The van der Waals surface area contributed by atoms with Crippen molar-refractivity contribution < 1.29 is 0 Å². The maximum atomic E-state index is 9.42. The molecule has 4 nitrogen and oxygen atoms in total. The van der Waals surface area contributed by atoms with Crippen molar-refractivity contribution in [3.05, 3.63) is 16.9 Å². The molecule has 0 bridgehead atoms. The summed E-state index contributed by atoms with van der Waals surface area (Å²) < 4.78 is 2.78. The molecule has 1 aliphatic rings. The summed E-state index contributed by atoms with van der Waals surface area (Å²) in [5.41, 5.74) is -0.444. The minimum atomic E-state index is -0.444. The van der Waals surface area contributed by atoms with Gasteiger partial charge in [0, 0.05) is 6.20 Å². The van der Waals surface area contributed by atoms with Gasteiger partial charge >= 0.3 is 0 Å². The molecule has 1 saturated carbocycles. The van der Waals surface area contributed by atoms with Crippen LogP contribution in [0.5, 0.6) is 0 Å². The van der Waals surface area contributed by atoms with E-state index in [9.17, 15) is 5.26 Å². The van der Waals surface area contributed by atoms with E-state index in [0.717, 1.165) is 23.9 Å². The SMILES string of the molecule is CCNC(C#N)(Cn1cc(Br)cn1)C1CC1. The van der Waals surface area contributed by atoms with Crippen LogP contribution >= 0.6 is 15.9 Å². The molecule has 0 saturated heterocycles. The highest BCUT2D eigenvalue weighted by Gasteiger charge is 2.45. The van der Waals surface area contributed by atoms with Gasteiger partial charge < -0.3 is 0 Å². The van der Waals surface area contributed by atoms with Gasteiger partial charge in [-0.15, -0.1) is 0 Å². The highest BCUT2D eigenvalue weighted by molar-refractivity contribution is 9.10. The van der Waals surface area contributed by atoms with Crippen LogP contribution in [0.3, 0.4) is 0 Å². The van der Waals surface area contributed by atoms with Crippen LogP contribution in [-0.4, -0.2) is 21.9 Å². The van der Waals surface area contributed by atoms with Crippen molar-refractivity contribution in [3.8, 4) is 6.07 Å². The fourth-order valence-corrected chi connectivity index (χ4v) is 2.40. The fourth-order valence-electron chi connectivity index (χ4n) is 2.07. The van der Waals surface area contributed by atoms with E-state index in [2.05, 4.69) is 32.4 Å². The van der Waals surface area contributed by atoms with Gasteiger partial charge in [-0.05, 0) is 41.2 Å². The summed E-state index contributed by atoms with van der Waals surface area (Å²) in [4.78, 5) is 0. The summed E-state index contributed by atoms with van der Waals surface area (Å²) in [6.07, 6.45) is 5.94. The average Bonchev–Trinajstić information content (AvgIpc) is 3.04. The Morgan fingerprint density at radius 2 is 2.50 bits per heavy atom. The maximum Gasteiger partial charge on any atom is 0.129 e. The van der Waals surface area contributed by atoms with E-state index < -0.39 is 5.54 Å². The molecule has 0 amide bonds. The monoisotopic (exact) mass is 282 g/mol. The van der Waals surface area contributed by atoms with Gasteiger partial charge in [-0.2, -0.15) is 10.4 Å². The highest BCUT2D eigenvalue weighted by Crippen LogP contribution is 2.40. The Labute approximate surface area is 104 Å². The Morgan fingerprint density at radius 3 is 2.94 bits per heavy atom. The lowest BCUT2D eigenvalue weighted by molar-refractivity contribution is 0.311. The molecule has 2 rings (SSSR count). The molecule has 1 heterocycles. The van der Waals surface area contributed by atoms with Crippen LogP contribution in [0.25, 0.3) is 0 Å². The van der Waals surface area contributed by atoms with Gasteiger partial charge in [0.2, 0.25) is 0 Å². The normalized spacial score (nSPS) is 19.1. The fraction of sp³-hybridized carbons (Fsp3) is 0.636. The van der Waals surface area contributed by atoms with Crippen LogP contribution in [0.1, 0.15) is 19.8 Å². The van der Waals surface area contributed by atoms with E-state index in [1.54, 1.807) is 6.20 Å². The first-order valence-electron chi connectivity index (χ1n) is 5.54. The molecule has 16 heavy (non-hydrogen) atoms. The zero-order valence-corrected chi connectivity index (χ0v) is 10.9. The molecule has 1 fully saturated rings. The third-order valence-electron chi connectivity index (χ3n) is 2.98. The van der Waals surface area contributed by atoms with E-state index in [4.69, 9.17) is 0 Å². The van der Waals surface area contributed by atoms with Crippen LogP contribution in [0, 0.1) is 17.2 Å². The third kappa shape index (κ3) is 2.28. The first-order chi connectivity index (χ1) is 7.70. The molecule has 1 aliphatic carbocycles. The molecule has 0 aromatic carbocycles. The molecule has 0 aliphatic heterocycles. The van der Waals surface area contributed by atoms with Gasteiger partial charge in [0.25, 0.3) is 0 Å². The Hall–Kier alpha value is -0.860. The number of nitriles is 1. The predicted octanol–water partition coefficient (Wildman–Crippen LogP) is 1.93. The number of nitrogens with zero attached hydrogens (tertiary/aromatic N) is 3. The lowest BCUT2D eigenvalue weighted by atomic mass is 9.95. The van der Waals surface area contributed by atoms with Crippen LogP contribution in [-0.2, 0) is 6.54 Å². The Morgan fingerprint density at radius 1 is 1.75 bits per heavy atom. The molecule has 1 aromatic heterocycles. The molecule has 5 heteroatoms. The van der Waals surface area contributed by atoms with Crippen molar-refractivity contribution in [2.45, 2.75) is 31.8 Å². The second-order valence-electron chi connectivity index (χ2n) is 4.24. The first kappa shape index (κ1) is 11.6. The molecule has 86 valence electrons. The molecular weight excluding hydrogens is 268 g/mol. The number of hydrogen-bond donors (Lipinski definition) is 1. The molecule has 1 unspecified atom stereocenters. The molecule has 0 spiro atoms. The van der Waals surface area contributed by atoms with Crippen molar-refractivity contribution in [1.82, 2.24) is 15.1 Å². The highest BCUT2D eigenvalue weighted by atomic mass is 79.9. The van der Waals surface area contributed by atoms with Gasteiger partial charge in [-0.1, -0.05) is 6.92 Å². The average molecular weight is 283 g/mol. The second-order valence-corrected chi connectivity index (χ2v) is 5.16. The van der Waals surface area contributed by atoms with Crippen LogP contribution < -0.4 is 5.32 Å². The summed E-state index contributed by atoms with van der Waals surface area (Å²) in [5.74, 6) is 0.473. The summed E-state index contributed by atoms with van der Waals surface area (Å²) in [6.45, 7) is 3.47. The number of aromatic nitrogens is 2. The van der Waals surface area contributed by atoms with Crippen LogP contribution in [0.4, 0.5) is 0 Å². The molecular formula is C11H15BrN4. The summed E-state index contributed by atoms with van der Waals surface area (Å²) in [6, 6.07) is 2.45. The minimum absolute atomic E-state index is 0.444. The first-order valence-corrected chi connectivity index (χ1v) is 6.33. The smallest absolute Gasteiger partial charge is 0.129 e. The van der Waals surface area contributed by atoms with Crippen molar-refractivity contribution in [2.75, 3.05) is 6.54 Å². The van der Waals surface area contributed by atoms with E-state index in [1.807, 2.05) is 17.8 Å². The van der Waals surface area contributed by atoms with E-state index in [-0.39, 0.29) is 0 Å². The number of hydrogen-bond acceptors (Lipinski definition) is 3. The molecule has 1 N–H and O–H groups in total. The van der Waals surface area contributed by atoms with Gasteiger partial charge in [0.15, 0.2) is 0 Å². The van der Waals surface area contributed by atoms with Crippen molar-refractivity contribution in [1.29, 1.82) is 5.26 Å². The molecule has 1 atom stereocenters. The van der Waals surface area contributed by atoms with Gasteiger partial charge in [-0.25, -0.2) is 0 Å². The second kappa shape index (κ2) is 4.56. The number of nitrogens with one attached hydrogen (secondary N) is 1. The summed E-state index contributed by atoms with van der Waals surface area (Å²) in [5, 5.41) is 17.0. The van der Waals surface area contributed by atoms with Crippen LogP contribution in [0.2, 0.25) is 0 Å². The lowest BCUT2D eigenvalue weighted by Crippen LogP contribution is -2.49. The van der Waals surface area contributed by atoms with Crippen molar-refractivity contribution in [2.24, 2.45) is 5.92 Å². The number of halogens is 1. The van der Waals surface area contributed by atoms with Crippen molar-refractivity contribution in [3.63, 3.8) is 0 Å². The predicted molar refractivity (Wildman–Crippen MR) is 64.7 cm³/mol. The third-order valence-corrected chi connectivity index (χ3v) is 3.39. The summed E-state index contributed by atoms with van der Waals surface area (Å²) in [7, 11) is 0.